The lowest BCUT2D eigenvalue weighted by Gasteiger charge is -2.16. The predicted octanol–water partition coefficient (Wildman–Crippen LogP) is 1.64. The number of nitrogens with zero attached hydrogens (tertiary/aromatic N) is 2. The van der Waals surface area contributed by atoms with E-state index in [1.165, 1.54) is 19.8 Å². The zero-order valence-corrected chi connectivity index (χ0v) is 8.86. The summed E-state index contributed by atoms with van der Waals surface area (Å²) in [4.78, 5) is 17.5. The van der Waals surface area contributed by atoms with E-state index in [0.717, 1.165) is 18.9 Å². The van der Waals surface area contributed by atoms with E-state index in [1.54, 1.807) is 6.07 Å². The summed E-state index contributed by atoms with van der Waals surface area (Å²) >= 11 is 0. The van der Waals surface area contributed by atoms with E-state index < -0.39 is 0 Å². The maximum atomic E-state index is 10.9. The number of pyridine rings is 1. The maximum Gasteiger partial charge on any atom is 0.222 e. The lowest BCUT2D eigenvalue weighted by atomic mass is 10.4. The van der Waals surface area contributed by atoms with Crippen molar-refractivity contribution in [2.75, 3.05) is 23.3 Å². The minimum atomic E-state index is -0.0823. The molecule has 2 heterocycles. The summed E-state index contributed by atoms with van der Waals surface area (Å²) in [6.07, 6.45) is 2.46. The molecule has 1 aliphatic heterocycles. The van der Waals surface area contributed by atoms with Gasteiger partial charge in [0.05, 0.1) is 0 Å². The van der Waals surface area contributed by atoms with Crippen LogP contribution in [0.25, 0.3) is 0 Å². The Bertz CT molecular complexity index is 359. The van der Waals surface area contributed by atoms with Gasteiger partial charge >= 0.3 is 0 Å². The molecule has 0 unspecified atom stereocenters. The molecule has 1 aromatic heterocycles. The molecule has 4 heteroatoms. The lowest BCUT2D eigenvalue weighted by molar-refractivity contribution is -0.114. The third-order valence-electron chi connectivity index (χ3n) is 2.47. The van der Waals surface area contributed by atoms with Crippen LogP contribution in [0.1, 0.15) is 19.8 Å². The van der Waals surface area contributed by atoms with Crippen LogP contribution in [0.4, 0.5) is 11.6 Å². The van der Waals surface area contributed by atoms with Crippen LogP contribution in [0.5, 0.6) is 0 Å². The quantitative estimate of drug-likeness (QED) is 0.798. The first-order chi connectivity index (χ1) is 7.25. The zero-order valence-electron chi connectivity index (χ0n) is 8.86. The molecular weight excluding hydrogens is 190 g/mol. The highest BCUT2D eigenvalue weighted by Gasteiger charge is 2.13. The second kappa shape index (κ2) is 4.29. The van der Waals surface area contributed by atoms with Crippen LogP contribution in [0.2, 0.25) is 0 Å². The summed E-state index contributed by atoms with van der Waals surface area (Å²) < 4.78 is 0. The number of carbonyl (C=O) groups excluding carboxylic acids is 1. The standard InChI is InChI=1S/C11H15N3O/c1-9(15)12-10-5-4-6-11(13-10)14-7-2-3-8-14/h4-6H,2-3,7-8H2,1H3,(H,12,13,15). The molecule has 15 heavy (non-hydrogen) atoms. The summed E-state index contributed by atoms with van der Waals surface area (Å²) in [6, 6.07) is 5.71. The normalized spacial score (nSPS) is 15.4. The molecule has 4 nitrogen and oxygen atoms in total. The van der Waals surface area contributed by atoms with Gasteiger partial charge in [-0.05, 0) is 25.0 Å². The highest BCUT2D eigenvalue weighted by atomic mass is 16.1. The number of hydrogen-bond donors (Lipinski definition) is 1. The van der Waals surface area contributed by atoms with Crippen LogP contribution in [0.15, 0.2) is 18.2 Å². The van der Waals surface area contributed by atoms with E-state index in [2.05, 4.69) is 15.2 Å². The van der Waals surface area contributed by atoms with Crippen LogP contribution in [0, 0.1) is 0 Å². The highest BCUT2D eigenvalue weighted by Crippen LogP contribution is 2.19. The minimum Gasteiger partial charge on any atom is -0.357 e. The van der Waals surface area contributed by atoms with Crippen molar-refractivity contribution in [3.63, 3.8) is 0 Å². The molecule has 1 saturated heterocycles. The average molecular weight is 205 g/mol. The Morgan fingerprint density at radius 2 is 2.13 bits per heavy atom. The molecule has 1 aliphatic rings. The van der Waals surface area contributed by atoms with E-state index in [9.17, 15) is 4.79 Å². The summed E-state index contributed by atoms with van der Waals surface area (Å²) in [7, 11) is 0. The average Bonchev–Trinajstić information content (AvgIpc) is 2.69. The highest BCUT2D eigenvalue weighted by molar-refractivity contribution is 5.87. The minimum absolute atomic E-state index is 0.0823. The predicted molar refractivity (Wildman–Crippen MR) is 60.0 cm³/mol. The molecule has 0 aliphatic carbocycles. The third-order valence-corrected chi connectivity index (χ3v) is 2.47. The van der Waals surface area contributed by atoms with Gasteiger partial charge in [0.1, 0.15) is 11.6 Å². The number of hydrogen-bond acceptors (Lipinski definition) is 3. The molecule has 1 amide bonds. The van der Waals surface area contributed by atoms with Crippen molar-refractivity contribution < 1.29 is 4.79 Å². The monoisotopic (exact) mass is 205 g/mol. The molecule has 0 radical (unpaired) electrons. The Labute approximate surface area is 89.3 Å². The van der Waals surface area contributed by atoms with Crippen molar-refractivity contribution in [1.82, 2.24) is 4.98 Å². The van der Waals surface area contributed by atoms with Gasteiger partial charge in [-0.15, -0.1) is 0 Å². The van der Waals surface area contributed by atoms with Gasteiger partial charge in [0.15, 0.2) is 0 Å². The summed E-state index contributed by atoms with van der Waals surface area (Å²) in [5.41, 5.74) is 0. The van der Waals surface area contributed by atoms with Crippen LogP contribution in [-0.4, -0.2) is 24.0 Å². The van der Waals surface area contributed by atoms with Gasteiger partial charge in [-0.1, -0.05) is 6.07 Å². The van der Waals surface area contributed by atoms with Gasteiger partial charge in [-0.3, -0.25) is 4.79 Å². The zero-order chi connectivity index (χ0) is 10.7. The third kappa shape index (κ3) is 2.46. The smallest absolute Gasteiger partial charge is 0.222 e. The van der Waals surface area contributed by atoms with Crippen molar-refractivity contribution >= 4 is 17.5 Å². The molecule has 1 N–H and O–H groups in total. The molecule has 2 rings (SSSR count). The molecule has 0 saturated carbocycles. The Morgan fingerprint density at radius 3 is 2.80 bits per heavy atom. The number of anilines is 2. The Balaban J connectivity index is 2.14. The first kappa shape index (κ1) is 9.96. The van der Waals surface area contributed by atoms with Crippen LogP contribution >= 0.6 is 0 Å². The Kier molecular flexibility index (Phi) is 2.85. The lowest BCUT2D eigenvalue weighted by Crippen LogP contribution is -2.19. The molecule has 0 aromatic carbocycles. The van der Waals surface area contributed by atoms with Crippen LogP contribution in [-0.2, 0) is 4.79 Å². The molecule has 80 valence electrons. The second-order valence-electron chi connectivity index (χ2n) is 3.76. The maximum absolute atomic E-state index is 10.9. The molecule has 0 atom stereocenters. The summed E-state index contributed by atoms with van der Waals surface area (Å²) in [6.45, 7) is 3.62. The largest absolute Gasteiger partial charge is 0.357 e. The van der Waals surface area contributed by atoms with Gasteiger partial charge in [-0.2, -0.15) is 0 Å². The van der Waals surface area contributed by atoms with E-state index in [0.29, 0.717) is 5.82 Å². The number of rotatable bonds is 2. The van der Waals surface area contributed by atoms with E-state index in [1.807, 2.05) is 12.1 Å². The topological polar surface area (TPSA) is 45.2 Å². The SMILES string of the molecule is CC(=O)Nc1cccc(N2CCCC2)n1. The van der Waals surface area contributed by atoms with Crippen molar-refractivity contribution in [2.45, 2.75) is 19.8 Å². The van der Waals surface area contributed by atoms with Gasteiger partial charge in [-0.25, -0.2) is 4.98 Å². The van der Waals surface area contributed by atoms with Gasteiger partial charge in [0, 0.05) is 20.0 Å². The fraction of sp³-hybridized carbons (Fsp3) is 0.455. The Hall–Kier alpha value is -1.58. The second-order valence-corrected chi connectivity index (χ2v) is 3.76. The summed E-state index contributed by atoms with van der Waals surface area (Å²) in [5.74, 6) is 1.51. The fourth-order valence-corrected chi connectivity index (χ4v) is 1.80. The van der Waals surface area contributed by atoms with Gasteiger partial charge < -0.3 is 10.2 Å². The molecule has 1 aromatic rings. The summed E-state index contributed by atoms with van der Waals surface area (Å²) in [5, 5.41) is 2.69. The first-order valence-corrected chi connectivity index (χ1v) is 5.25. The van der Waals surface area contributed by atoms with Crippen molar-refractivity contribution in [2.24, 2.45) is 0 Å². The van der Waals surface area contributed by atoms with Crippen LogP contribution in [0.3, 0.4) is 0 Å². The van der Waals surface area contributed by atoms with E-state index in [4.69, 9.17) is 0 Å². The molecular formula is C11H15N3O. The van der Waals surface area contributed by atoms with E-state index >= 15 is 0 Å². The van der Waals surface area contributed by atoms with Gasteiger partial charge in [0.25, 0.3) is 0 Å². The van der Waals surface area contributed by atoms with Crippen molar-refractivity contribution in [1.29, 1.82) is 0 Å². The first-order valence-electron chi connectivity index (χ1n) is 5.25. The molecule has 0 spiro atoms. The number of aromatic nitrogens is 1. The number of amides is 1. The van der Waals surface area contributed by atoms with Crippen molar-refractivity contribution in [3.05, 3.63) is 18.2 Å². The molecule has 1 fully saturated rings. The number of nitrogens with one attached hydrogen (secondary N) is 1. The number of carbonyl (C=O) groups is 1. The van der Waals surface area contributed by atoms with Crippen LogP contribution < -0.4 is 10.2 Å². The fourth-order valence-electron chi connectivity index (χ4n) is 1.80. The van der Waals surface area contributed by atoms with Crippen molar-refractivity contribution in [3.8, 4) is 0 Å². The van der Waals surface area contributed by atoms with E-state index in [-0.39, 0.29) is 5.91 Å². The molecule has 0 bridgehead atoms. The Morgan fingerprint density at radius 1 is 1.40 bits per heavy atom. The van der Waals surface area contributed by atoms with Gasteiger partial charge in [0.2, 0.25) is 5.91 Å².